The molecule has 0 spiro atoms. The Balaban J connectivity index is 1.21. The number of hydrogen-bond acceptors (Lipinski definition) is 11. The predicted octanol–water partition coefficient (Wildman–Crippen LogP) is 6.83. The number of piperidine rings is 1. The fourth-order valence-electron chi connectivity index (χ4n) is 6.92. The fraction of sp³-hybridized carbons (Fsp3) is 0.486. The molecule has 6 rings (SSSR count). The van der Waals surface area contributed by atoms with Crippen LogP contribution in [0.1, 0.15) is 38.7 Å². The summed E-state index contributed by atoms with van der Waals surface area (Å²) in [6, 6.07) is 10.7. The number of H-pyrrole nitrogens is 1. The molecule has 2 fully saturated rings. The number of hydrogen-bond donors (Lipinski definition) is 3. The Hall–Kier alpha value is -3.83. The maximum absolute atomic E-state index is 13.6. The van der Waals surface area contributed by atoms with Crippen molar-refractivity contribution >= 4 is 52.9 Å². The van der Waals surface area contributed by atoms with Crippen LogP contribution in [0.2, 0.25) is 5.02 Å². The maximum Gasteiger partial charge on any atom is 0.229 e. The van der Waals surface area contributed by atoms with Gasteiger partial charge in [0.25, 0.3) is 0 Å². The molecule has 2 aromatic heterocycles. The van der Waals surface area contributed by atoms with E-state index >= 15 is 0 Å². The van der Waals surface area contributed by atoms with Crippen molar-refractivity contribution in [1.29, 1.82) is 0 Å². The van der Waals surface area contributed by atoms with Crippen LogP contribution >= 0.6 is 18.7 Å². The lowest BCUT2D eigenvalue weighted by Gasteiger charge is -2.43. The van der Waals surface area contributed by atoms with Crippen LogP contribution in [0.15, 0.2) is 42.7 Å². The number of nitrogens with one attached hydrogen (secondary N) is 3. The second-order valence-electron chi connectivity index (χ2n) is 13.8. The SMILES string of the molecule is CCCOc1[nH]ncc1-c1ccc(Nc2nc(Nc3cc(CC)c(N4CCC(N5CCN(C)CC5)CC4)cc3OC)ncc2Cl)c(P(C)(C)=O)c1. The summed E-state index contributed by atoms with van der Waals surface area (Å²) in [5, 5.41) is 14.8. The highest BCUT2D eigenvalue weighted by Gasteiger charge is 2.28. The number of aromatic amines is 1. The van der Waals surface area contributed by atoms with Gasteiger partial charge in [-0.05, 0) is 75.4 Å². The summed E-state index contributed by atoms with van der Waals surface area (Å²) in [4.78, 5) is 16.8. The predicted molar refractivity (Wildman–Crippen MR) is 209 cm³/mol. The van der Waals surface area contributed by atoms with Gasteiger partial charge >= 0.3 is 0 Å². The van der Waals surface area contributed by atoms with Crippen LogP contribution in [0.4, 0.5) is 28.8 Å². The molecular weight excluding hydrogens is 685 g/mol. The van der Waals surface area contributed by atoms with Gasteiger partial charge < -0.3 is 34.5 Å². The van der Waals surface area contributed by atoms with Crippen molar-refractivity contribution in [2.75, 3.05) is 88.9 Å². The van der Waals surface area contributed by atoms with Gasteiger partial charge in [-0.3, -0.25) is 4.90 Å². The second-order valence-corrected chi connectivity index (χ2v) is 17.4. The molecule has 274 valence electrons. The molecule has 3 N–H and O–H groups in total. The molecule has 2 aliphatic rings. The lowest BCUT2D eigenvalue weighted by atomic mass is 9.99. The van der Waals surface area contributed by atoms with Gasteiger partial charge in [0.05, 0.1) is 43.0 Å². The highest BCUT2D eigenvalue weighted by molar-refractivity contribution is 7.70. The summed E-state index contributed by atoms with van der Waals surface area (Å²) in [7, 11) is 1.15. The van der Waals surface area contributed by atoms with E-state index in [1.165, 1.54) is 11.3 Å². The number of benzene rings is 2. The number of likely N-dealkylation sites (N-methyl/N-ethyl adjacent to an activating group) is 1. The first-order valence-electron chi connectivity index (χ1n) is 17.9. The summed E-state index contributed by atoms with van der Waals surface area (Å²) in [5.74, 6) is 2.05. The molecule has 2 aromatic carbocycles. The van der Waals surface area contributed by atoms with Crippen LogP contribution in [0.5, 0.6) is 11.6 Å². The molecule has 0 atom stereocenters. The third kappa shape index (κ3) is 8.63. The number of nitrogens with zero attached hydrogens (tertiary/aromatic N) is 6. The molecule has 2 aliphatic heterocycles. The van der Waals surface area contributed by atoms with Gasteiger partial charge in [0.1, 0.15) is 17.9 Å². The molecular formula is C37H51ClN9O3P. The molecule has 0 amide bonds. The quantitative estimate of drug-likeness (QED) is 0.125. The third-order valence-electron chi connectivity index (χ3n) is 9.83. The maximum atomic E-state index is 13.6. The minimum atomic E-state index is -2.75. The average Bonchev–Trinajstić information content (AvgIpc) is 3.60. The van der Waals surface area contributed by atoms with Crippen molar-refractivity contribution in [3.05, 3.63) is 53.3 Å². The third-order valence-corrected chi connectivity index (χ3v) is 11.6. The minimum absolute atomic E-state index is 0.333. The van der Waals surface area contributed by atoms with E-state index in [0.29, 0.717) is 52.1 Å². The summed E-state index contributed by atoms with van der Waals surface area (Å²) in [6.45, 7) is 15.0. The van der Waals surface area contributed by atoms with Gasteiger partial charge in [-0.15, -0.1) is 0 Å². The number of rotatable bonds is 13. The molecule has 4 heterocycles. The van der Waals surface area contributed by atoms with E-state index in [9.17, 15) is 4.57 Å². The highest BCUT2D eigenvalue weighted by Crippen LogP contribution is 2.42. The topological polar surface area (TPSA) is 124 Å². The van der Waals surface area contributed by atoms with Crippen molar-refractivity contribution < 1.29 is 14.0 Å². The minimum Gasteiger partial charge on any atom is -0.494 e. The smallest absolute Gasteiger partial charge is 0.229 e. The standard InChI is InChI=1S/C37H51ClN9O3P/c1-7-19-50-36-28(23-40-44-36)26-9-10-30(34(21-26)51(5,6)48)41-35-29(38)24-39-37(43-35)42-31-20-25(8-2)32(22-33(31)49-4)47-13-11-27(12-14-47)46-17-15-45(3)16-18-46/h9-10,20-24,27H,7-8,11-19H2,1-6H3,(H,40,44)(H2,39,41,42,43). The van der Waals surface area contributed by atoms with Crippen molar-refractivity contribution in [3.63, 3.8) is 0 Å². The van der Waals surface area contributed by atoms with E-state index in [1.54, 1.807) is 32.8 Å². The lowest BCUT2D eigenvalue weighted by molar-refractivity contribution is 0.0982. The first-order chi connectivity index (χ1) is 24.6. The molecule has 4 aromatic rings. The van der Waals surface area contributed by atoms with Crippen molar-refractivity contribution in [2.45, 2.75) is 45.6 Å². The molecule has 0 unspecified atom stereocenters. The summed E-state index contributed by atoms with van der Waals surface area (Å²) < 4.78 is 25.3. The van der Waals surface area contributed by atoms with Gasteiger partial charge in [-0.25, -0.2) is 10.1 Å². The highest BCUT2D eigenvalue weighted by atomic mass is 35.5. The first kappa shape index (κ1) is 36.9. The van der Waals surface area contributed by atoms with Crippen LogP contribution in [0, 0.1) is 0 Å². The number of methoxy groups -OCH3 is 1. The molecule has 12 nitrogen and oxygen atoms in total. The van der Waals surface area contributed by atoms with Gasteiger partial charge in [0.15, 0.2) is 5.82 Å². The normalized spacial score (nSPS) is 16.3. The van der Waals surface area contributed by atoms with E-state index in [2.05, 4.69) is 66.6 Å². The van der Waals surface area contributed by atoms with Gasteiger partial charge in [0.2, 0.25) is 11.8 Å². The first-order valence-corrected chi connectivity index (χ1v) is 20.9. The van der Waals surface area contributed by atoms with E-state index in [4.69, 9.17) is 26.1 Å². The van der Waals surface area contributed by atoms with Crippen LogP contribution in [-0.4, -0.2) is 109 Å². The van der Waals surface area contributed by atoms with Crippen molar-refractivity contribution in [2.24, 2.45) is 0 Å². The average molecular weight is 736 g/mol. The van der Waals surface area contributed by atoms with Gasteiger partial charge in [-0.2, -0.15) is 10.1 Å². The molecule has 0 radical (unpaired) electrons. The Morgan fingerprint density at radius 2 is 1.76 bits per heavy atom. The van der Waals surface area contributed by atoms with Crippen LogP contribution in [0.3, 0.4) is 0 Å². The zero-order chi connectivity index (χ0) is 36.1. The lowest BCUT2D eigenvalue weighted by Crippen LogP contribution is -2.52. The molecule has 0 saturated carbocycles. The molecule has 51 heavy (non-hydrogen) atoms. The Bertz CT molecular complexity index is 1850. The van der Waals surface area contributed by atoms with Crippen LogP contribution < -0.4 is 30.3 Å². The van der Waals surface area contributed by atoms with Gasteiger partial charge in [-0.1, -0.05) is 31.5 Å². The number of ether oxygens (including phenoxy) is 2. The number of piperazine rings is 1. The van der Waals surface area contributed by atoms with Crippen LogP contribution in [0.25, 0.3) is 11.1 Å². The molecule has 0 bridgehead atoms. The fourth-order valence-corrected chi connectivity index (χ4v) is 8.22. The monoisotopic (exact) mass is 735 g/mol. The zero-order valence-electron chi connectivity index (χ0n) is 30.6. The Morgan fingerprint density at radius 3 is 2.45 bits per heavy atom. The number of anilines is 5. The summed E-state index contributed by atoms with van der Waals surface area (Å²) in [5.41, 5.74) is 5.52. The van der Waals surface area contributed by atoms with E-state index in [-0.39, 0.29) is 0 Å². The van der Waals surface area contributed by atoms with Crippen molar-refractivity contribution in [3.8, 4) is 22.8 Å². The van der Waals surface area contributed by atoms with Crippen LogP contribution in [-0.2, 0) is 11.0 Å². The van der Waals surface area contributed by atoms with E-state index in [1.807, 2.05) is 25.1 Å². The summed E-state index contributed by atoms with van der Waals surface area (Å²) in [6.07, 6.45) is 7.35. The molecule has 14 heteroatoms. The number of aryl methyl sites for hydroxylation is 1. The molecule has 2 saturated heterocycles. The molecule has 0 aliphatic carbocycles. The summed E-state index contributed by atoms with van der Waals surface area (Å²) >= 11 is 6.63. The van der Waals surface area contributed by atoms with E-state index in [0.717, 1.165) is 81.8 Å². The van der Waals surface area contributed by atoms with E-state index < -0.39 is 7.14 Å². The Morgan fingerprint density at radius 1 is 1.00 bits per heavy atom. The largest absolute Gasteiger partial charge is 0.494 e. The Labute approximate surface area is 306 Å². The van der Waals surface area contributed by atoms with Gasteiger partial charge in [0, 0.05) is 62.4 Å². The number of halogens is 1. The second kappa shape index (κ2) is 16.2. The Kier molecular flexibility index (Phi) is 11.8. The zero-order valence-corrected chi connectivity index (χ0v) is 32.3. The van der Waals surface area contributed by atoms with Crippen molar-refractivity contribution in [1.82, 2.24) is 30.0 Å². The number of aromatic nitrogens is 4.